The van der Waals surface area contributed by atoms with E-state index >= 15 is 0 Å². The molecular weight excluding hydrogens is 401 g/mol. The number of hydrogen-bond acceptors (Lipinski definition) is 3. The number of allylic oxidation sites excluding steroid dienone is 7. The van der Waals surface area contributed by atoms with Crippen molar-refractivity contribution in [2.24, 2.45) is 4.99 Å². The molecule has 0 aromatic carbocycles. The summed E-state index contributed by atoms with van der Waals surface area (Å²) in [6, 6.07) is -0.0535. The van der Waals surface area contributed by atoms with E-state index in [0.29, 0.717) is 13.0 Å². The zero-order valence-electron chi connectivity index (χ0n) is 20.2. The summed E-state index contributed by atoms with van der Waals surface area (Å²) < 4.78 is 20.5. The van der Waals surface area contributed by atoms with Gasteiger partial charge in [0.2, 0.25) is 0 Å². The van der Waals surface area contributed by atoms with Crippen LogP contribution in [0.15, 0.2) is 63.2 Å². The Morgan fingerprint density at radius 2 is 2.06 bits per heavy atom. The first-order valence-electron chi connectivity index (χ1n) is 12.3. The Bertz CT molecular complexity index is 841. The lowest BCUT2D eigenvalue weighted by atomic mass is 9.81. The molecule has 0 radical (unpaired) electrons. The highest BCUT2D eigenvalue weighted by Crippen LogP contribution is 2.36. The van der Waals surface area contributed by atoms with E-state index in [0.717, 1.165) is 55.4 Å². The van der Waals surface area contributed by atoms with E-state index in [1.54, 1.807) is 6.08 Å². The van der Waals surface area contributed by atoms with Crippen LogP contribution in [0.5, 0.6) is 0 Å². The van der Waals surface area contributed by atoms with Gasteiger partial charge in [0.25, 0.3) is 0 Å². The van der Waals surface area contributed by atoms with Gasteiger partial charge in [-0.05, 0) is 81.6 Å². The van der Waals surface area contributed by atoms with Gasteiger partial charge < -0.3 is 9.84 Å². The fourth-order valence-corrected chi connectivity index (χ4v) is 4.75. The van der Waals surface area contributed by atoms with Gasteiger partial charge in [0, 0.05) is 25.2 Å². The molecule has 176 valence electrons. The minimum Gasteiger partial charge on any atom is -0.393 e. The van der Waals surface area contributed by atoms with Crippen LogP contribution in [0.3, 0.4) is 0 Å². The van der Waals surface area contributed by atoms with Crippen molar-refractivity contribution < 1.29 is 14.2 Å². The smallest absolute Gasteiger partial charge is 0.123 e. The molecule has 0 fully saturated rings. The predicted molar refractivity (Wildman–Crippen MR) is 132 cm³/mol. The molecule has 0 aromatic rings. The molecule has 1 N–H and O–H groups in total. The number of aliphatic imine (C=N–C) groups is 1. The summed E-state index contributed by atoms with van der Waals surface area (Å²) in [4.78, 5) is 5.19. The van der Waals surface area contributed by atoms with E-state index in [1.807, 2.05) is 19.1 Å². The Kier molecular flexibility index (Phi) is 9.24. The predicted octanol–water partition coefficient (Wildman–Crippen LogP) is 6.75. The Morgan fingerprint density at radius 1 is 1.25 bits per heavy atom. The van der Waals surface area contributed by atoms with E-state index in [4.69, 9.17) is 9.73 Å². The van der Waals surface area contributed by atoms with Crippen LogP contribution in [-0.4, -0.2) is 41.8 Å². The fourth-order valence-electron chi connectivity index (χ4n) is 4.75. The lowest BCUT2D eigenvalue weighted by Gasteiger charge is -2.34. The van der Waals surface area contributed by atoms with Crippen molar-refractivity contribution in [3.63, 3.8) is 0 Å². The summed E-state index contributed by atoms with van der Waals surface area (Å²) in [7, 11) is 0. The first-order valence-corrected chi connectivity index (χ1v) is 12.3. The highest BCUT2D eigenvalue weighted by Gasteiger charge is 2.32. The Morgan fingerprint density at radius 3 is 2.72 bits per heavy atom. The van der Waals surface area contributed by atoms with Crippen molar-refractivity contribution in [3.05, 3.63) is 58.2 Å². The van der Waals surface area contributed by atoms with Crippen molar-refractivity contribution in [3.8, 4) is 0 Å². The third-order valence-electron chi connectivity index (χ3n) is 6.77. The first kappa shape index (κ1) is 24.9. The topological polar surface area (TPSA) is 41.8 Å². The number of aliphatic hydroxyl groups is 1. The Labute approximate surface area is 193 Å². The van der Waals surface area contributed by atoms with Crippen LogP contribution in [0.1, 0.15) is 79.1 Å². The minimum atomic E-state index is -0.923. The van der Waals surface area contributed by atoms with E-state index in [9.17, 15) is 9.50 Å². The molecule has 0 spiro atoms. The van der Waals surface area contributed by atoms with E-state index < -0.39 is 6.17 Å². The zero-order valence-corrected chi connectivity index (χ0v) is 20.2. The standard InChI is InChI=1S/C28H40FNO2/c1-5-25(31)14-9-15-32-27-18-23(22-12-8-13-24(29)16-22)17-26(19(2)3)28(27)30-20(4)21-10-6-7-11-21/h8,10,12-13,17,24-25,27-28,31H,5-7,9,11,14-16,18H2,1-4H3. The highest BCUT2D eigenvalue weighted by atomic mass is 19.1. The molecular formula is C28H40FNO2. The van der Waals surface area contributed by atoms with E-state index in [-0.39, 0.29) is 18.2 Å². The molecule has 0 saturated heterocycles. The van der Waals surface area contributed by atoms with Gasteiger partial charge >= 0.3 is 0 Å². The van der Waals surface area contributed by atoms with Crippen molar-refractivity contribution in [1.82, 2.24) is 0 Å². The van der Waals surface area contributed by atoms with Gasteiger partial charge in [0.15, 0.2) is 0 Å². The zero-order chi connectivity index (χ0) is 23.1. The summed E-state index contributed by atoms with van der Waals surface area (Å²) in [5.41, 5.74) is 7.11. The average molecular weight is 442 g/mol. The van der Waals surface area contributed by atoms with Crippen LogP contribution in [0.25, 0.3) is 0 Å². The maximum Gasteiger partial charge on any atom is 0.123 e. The second kappa shape index (κ2) is 11.9. The largest absolute Gasteiger partial charge is 0.393 e. The first-order chi connectivity index (χ1) is 15.4. The summed E-state index contributed by atoms with van der Waals surface area (Å²) in [6.45, 7) is 8.98. The maximum absolute atomic E-state index is 14.1. The number of ether oxygens (including phenoxy) is 1. The Hall–Kier alpha value is -1.78. The normalized spacial score (nSPS) is 27.2. The van der Waals surface area contributed by atoms with Crippen LogP contribution in [0.4, 0.5) is 4.39 Å². The van der Waals surface area contributed by atoms with Crippen molar-refractivity contribution in [2.75, 3.05) is 6.61 Å². The number of alkyl halides is 1. The van der Waals surface area contributed by atoms with Gasteiger partial charge in [-0.15, -0.1) is 0 Å². The van der Waals surface area contributed by atoms with Gasteiger partial charge in [-0.3, -0.25) is 4.99 Å². The number of halogens is 1. The van der Waals surface area contributed by atoms with Gasteiger partial charge in [0.1, 0.15) is 12.2 Å². The second-order valence-electron chi connectivity index (χ2n) is 9.52. The second-order valence-corrected chi connectivity index (χ2v) is 9.52. The van der Waals surface area contributed by atoms with Gasteiger partial charge in [-0.1, -0.05) is 42.9 Å². The molecule has 0 bridgehead atoms. The molecule has 0 heterocycles. The van der Waals surface area contributed by atoms with Crippen LogP contribution < -0.4 is 0 Å². The summed E-state index contributed by atoms with van der Waals surface area (Å²) >= 11 is 0. The quantitative estimate of drug-likeness (QED) is 0.317. The van der Waals surface area contributed by atoms with E-state index in [1.165, 1.54) is 23.1 Å². The lowest BCUT2D eigenvalue weighted by Crippen LogP contribution is -2.35. The molecule has 4 unspecified atom stereocenters. The fraction of sp³-hybridized carbons (Fsp3) is 0.607. The molecule has 3 rings (SSSR count). The summed E-state index contributed by atoms with van der Waals surface area (Å²) in [6.07, 6.45) is 15.7. The lowest BCUT2D eigenvalue weighted by molar-refractivity contribution is 0.0332. The Balaban J connectivity index is 1.87. The van der Waals surface area contributed by atoms with Crippen LogP contribution in [0.2, 0.25) is 0 Å². The van der Waals surface area contributed by atoms with Gasteiger partial charge in [-0.2, -0.15) is 0 Å². The van der Waals surface area contributed by atoms with Gasteiger partial charge in [0.05, 0.1) is 12.2 Å². The third-order valence-corrected chi connectivity index (χ3v) is 6.77. The molecule has 3 aliphatic rings. The summed E-state index contributed by atoms with van der Waals surface area (Å²) in [5.74, 6) is 0. The molecule has 0 aromatic heterocycles. The molecule has 32 heavy (non-hydrogen) atoms. The molecule has 0 amide bonds. The van der Waals surface area contributed by atoms with Crippen LogP contribution >= 0.6 is 0 Å². The SMILES string of the molecule is CCC(O)CCCOC1CC(C2=CC=CC(F)C2)=CC(=C(C)C)C1N=C(C)C1=CCCC1. The molecule has 0 saturated carbocycles. The van der Waals surface area contributed by atoms with E-state index in [2.05, 4.69) is 32.9 Å². The van der Waals surface area contributed by atoms with Crippen molar-refractivity contribution in [2.45, 2.75) is 103 Å². The van der Waals surface area contributed by atoms with Crippen molar-refractivity contribution in [1.29, 1.82) is 0 Å². The monoisotopic (exact) mass is 441 g/mol. The number of aliphatic hydroxyl groups excluding tert-OH is 1. The van der Waals surface area contributed by atoms with Crippen LogP contribution in [0, 0.1) is 0 Å². The average Bonchev–Trinajstić information content (AvgIpc) is 3.32. The minimum absolute atomic E-state index is 0.0535. The van der Waals surface area contributed by atoms with Crippen molar-refractivity contribution >= 4 is 5.71 Å². The maximum atomic E-state index is 14.1. The number of rotatable bonds is 9. The molecule has 4 atom stereocenters. The summed E-state index contributed by atoms with van der Waals surface area (Å²) in [5, 5.41) is 9.89. The molecule has 0 aliphatic heterocycles. The van der Waals surface area contributed by atoms with Crippen LogP contribution in [-0.2, 0) is 4.74 Å². The molecule has 4 heteroatoms. The highest BCUT2D eigenvalue weighted by molar-refractivity contribution is 5.98. The molecule has 3 nitrogen and oxygen atoms in total. The molecule has 3 aliphatic carbocycles. The number of nitrogens with zero attached hydrogens (tertiary/aromatic N) is 1. The number of hydrogen-bond donors (Lipinski definition) is 1. The third kappa shape index (κ3) is 6.62. The van der Waals surface area contributed by atoms with Gasteiger partial charge in [-0.25, -0.2) is 4.39 Å².